The lowest BCUT2D eigenvalue weighted by Crippen LogP contribution is -2.59. The first-order valence-corrected chi connectivity index (χ1v) is 22.9. The number of rotatable bonds is 8. The van der Waals surface area contributed by atoms with Crippen LogP contribution in [-0.2, 0) is 35.6 Å². The second-order valence-electron chi connectivity index (χ2n) is 17.4. The molecule has 2 aliphatic heterocycles. The molecule has 1 aromatic carbocycles. The van der Waals surface area contributed by atoms with Crippen molar-refractivity contribution in [2.45, 2.75) is 144 Å². The van der Waals surface area contributed by atoms with E-state index in [1.54, 1.807) is 7.11 Å². The minimum absolute atomic E-state index is 0.0390. The number of nitrogens with one attached hydrogen (secondary N) is 3. The van der Waals surface area contributed by atoms with Gasteiger partial charge in [-0.25, -0.2) is 18.2 Å². The number of hydrogen-bond acceptors (Lipinski definition) is 10. The predicted octanol–water partition coefficient (Wildman–Crippen LogP) is 5.22. The summed E-state index contributed by atoms with van der Waals surface area (Å²) in [5, 5.41) is 6.07. The van der Waals surface area contributed by atoms with Crippen LogP contribution in [0, 0.1) is 17.8 Å². The van der Waals surface area contributed by atoms with Crippen LogP contribution in [-0.4, -0.2) is 90.9 Å². The van der Waals surface area contributed by atoms with Crippen molar-refractivity contribution in [3.8, 4) is 11.5 Å². The van der Waals surface area contributed by atoms with Gasteiger partial charge < -0.3 is 29.7 Å². The maximum Gasteiger partial charge on any atom is 0.408 e. The van der Waals surface area contributed by atoms with Crippen molar-refractivity contribution >= 4 is 44.7 Å². The van der Waals surface area contributed by atoms with Gasteiger partial charge in [0.1, 0.15) is 41.3 Å². The average Bonchev–Trinajstić information content (AvgIpc) is 4.11. The molecule has 15 heteroatoms. The van der Waals surface area contributed by atoms with Gasteiger partial charge in [-0.05, 0) is 107 Å². The van der Waals surface area contributed by atoms with E-state index in [0.29, 0.717) is 30.8 Å². The van der Waals surface area contributed by atoms with E-state index >= 15 is 0 Å². The zero-order valence-corrected chi connectivity index (χ0v) is 34.2. The van der Waals surface area contributed by atoms with E-state index in [2.05, 4.69) is 21.9 Å². The molecular formula is C43H57N5O9S. The number of aryl methyl sites for hydroxylation is 1. The number of pyridine rings is 1. The van der Waals surface area contributed by atoms with Crippen molar-refractivity contribution in [3.05, 3.63) is 42.6 Å². The molecule has 2 aromatic rings. The highest BCUT2D eigenvalue weighted by Crippen LogP contribution is 2.46. The third-order valence-electron chi connectivity index (χ3n) is 13.4. The minimum atomic E-state index is -3.89. The normalized spacial score (nSPS) is 31.0. The number of aromatic nitrogens is 1. The summed E-state index contributed by atoms with van der Waals surface area (Å²) in [6.07, 6.45) is 12.8. The molecule has 2 bridgehead atoms. The molecule has 4 amide bonds. The predicted molar refractivity (Wildman–Crippen MR) is 215 cm³/mol. The lowest BCUT2D eigenvalue weighted by Gasteiger charge is -2.35. The molecule has 0 unspecified atom stereocenters. The van der Waals surface area contributed by atoms with Crippen molar-refractivity contribution < 1.29 is 41.8 Å². The largest absolute Gasteiger partial charge is 0.497 e. The third-order valence-corrected chi connectivity index (χ3v) is 15.3. The number of fused-ring (bicyclic) bond motifs is 5. The molecule has 14 nitrogen and oxygen atoms in total. The Labute approximate surface area is 340 Å². The SMILES string of the molecule is C=C[C@H]1C[C@]1(NC(=O)[C@@H]1C[C@@H]2CN1C(=O)[C@H](C1CCCCC1)NC(=O)O[C@@H]1CCC[C@H]1CCCCCc1nc3ccc(OC)cc3cc1O2)C(=O)NS(=O)(=O)C1CC1. The lowest BCUT2D eigenvalue weighted by atomic mass is 9.83. The van der Waals surface area contributed by atoms with Gasteiger partial charge in [0.05, 0.1) is 30.1 Å². The molecule has 3 N–H and O–H groups in total. The smallest absolute Gasteiger partial charge is 0.408 e. The van der Waals surface area contributed by atoms with E-state index in [1.165, 1.54) is 11.0 Å². The number of hydrogen-bond donors (Lipinski definition) is 3. The molecule has 8 rings (SSSR count). The Kier molecular flexibility index (Phi) is 11.6. The van der Waals surface area contributed by atoms with Crippen LogP contribution in [0.5, 0.6) is 11.5 Å². The summed E-state index contributed by atoms with van der Waals surface area (Å²) in [5.74, 6) is -0.992. The highest BCUT2D eigenvalue weighted by Gasteiger charge is 2.62. The monoisotopic (exact) mass is 819 g/mol. The molecule has 1 saturated heterocycles. The first-order chi connectivity index (χ1) is 28.0. The summed E-state index contributed by atoms with van der Waals surface area (Å²) in [7, 11) is -2.29. The van der Waals surface area contributed by atoms with Gasteiger partial charge in [-0.2, -0.15) is 0 Å². The van der Waals surface area contributed by atoms with Gasteiger partial charge in [-0.3, -0.25) is 19.1 Å². The maximum absolute atomic E-state index is 15.0. The highest BCUT2D eigenvalue weighted by molar-refractivity contribution is 7.91. The number of methoxy groups -OCH3 is 1. The van der Waals surface area contributed by atoms with E-state index < -0.39 is 68.7 Å². The quantitative estimate of drug-likeness (QED) is 0.299. The van der Waals surface area contributed by atoms with Crippen molar-refractivity contribution in [3.63, 3.8) is 0 Å². The van der Waals surface area contributed by atoms with Crippen LogP contribution in [0.4, 0.5) is 4.79 Å². The van der Waals surface area contributed by atoms with Gasteiger partial charge >= 0.3 is 6.09 Å². The third kappa shape index (κ3) is 8.51. The first kappa shape index (κ1) is 40.4. The zero-order valence-electron chi connectivity index (χ0n) is 33.4. The van der Waals surface area contributed by atoms with Crippen LogP contribution in [0.2, 0.25) is 0 Å². The number of sulfonamides is 1. The van der Waals surface area contributed by atoms with Crippen molar-refractivity contribution in [1.29, 1.82) is 0 Å². The molecular weight excluding hydrogens is 763 g/mol. The number of amides is 4. The summed E-state index contributed by atoms with van der Waals surface area (Å²) < 4.78 is 46.2. The molecule has 1 aromatic heterocycles. The molecule has 314 valence electrons. The first-order valence-electron chi connectivity index (χ1n) is 21.4. The van der Waals surface area contributed by atoms with Crippen LogP contribution in [0.25, 0.3) is 10.9 Å². The Morgan fingerprint density at radius 2 is 1.71 bits per heavy atom. The molecule has 3 heterocycles. The van der Waals surface area contributed by atoms with Gasteiger partial charge in [-0.15, -0.1) is 6.58 Å². The van der Waals surface area contributed by atoms with E-state index in [-0.39, 0.29) is 37.3 Å². The number of alkyl carbamates (subject to hydrolysis) is 1. The second kappa shape index (κ2) is 16.7. The Morgan fingerprint density at radius 3 is 2.43 bits per heavy atom. The molecule has 0 spiro atoms. The van der Waals surface area contributed by atoms with Crippen LogP contribution < -0.4 is 24.8 Å². The maximum atomic E-state index is 15.0. The van der Waals surface area contributed by atoms with Gasteiger partial charge in [0, 0.05) is 17.7 Å². The highest BCUT2D eigenvalue weighted by atomic mass is 32.2. The molecule has 0 radical (unpaired) electrons. The van der Waals surface area contributed by atoms with Crippen LogP contribution in [0.1, 0.15) is 108 Å². The molecule has 6 aliphatic rings. The number of ether oxygens (including phenoxy) is 3. The molecule has 4 saturated carbocycles. The fourth-order valence-corrected chi connectivity index (χ4v) is 11.2. The van der Waals surface area contributed by atoms with Crippen LogP contribution >= 0.6 is 0 Å². The second-order valence-corrected chi connectivity index (χ2v) is 19.4. The summed E-state index contributed by atoms with van der Waals surface area (Å²) in [4.78, 5) is 63.5. The Morgan fingerprint density at radius 1 is 0.966 bits per heavy atom. The van der Waals surface area contributed by atoms with Crippen LogP contribution in [0.3, 0.4) is 0 Å². The summed E-state index contributed by atoms with van der Waals surface area (Å²) in [6, 6.07) is 5.62. The fourth-order valence-electron chi connectivity index (χ4n) is 9.85. The van der Waals surface area contributed by atoms with E-state index in [9.17, 15) is 27.6 Å². The van der Waals surface area contributed by atoms with Gasteiger partial charge in [0.15, 0.2) is 0 Å². The van der Waals surface area contributed by atoms with E-state index in [1.807, 2.05) is 24.3 Å². The fraction of sp³-hybridized carbons (Fsp3) is 0.651. The Bertz CT molecular complexity index is 2030. The standard InChI is InChI=1S/C43H57N5O9S/c1-3-29-24-43(29,41(51)47-58(53,54)32-18-19-32)46-39(49)35-23-31-25-48(35)40(50)38(27-12-7-4-8-13-27)45-42(52)57-36-16-10-14-26(36)11-6-5-9-15-34-37(56-31)22-28-21-30(55-2)17-20-33(28)44-34/h3,17,20-22,26-27,29,31-32,35-36,38H,1,4-16,18-19,23-25H2,2H3,(H,45,52)(H,46,49)(H,47,51)/t26-,29+,31-,35+,36-,38+,43-/m1/s1. The number of benzene rings is 1. The Hall–Kier alpha value is -4.40. The van der Waals surface area contributed by atoms with Gasteiger partial charge in [-0.1, -0.05) is 38.2 Å². The van der Waals surface area contributed by atoms with Gasteiger partial charge in [0.25, 0.3) is 5.91 Å². The van der Waals surface area contributed by atoms with Crippen molar-refractivity contribution in [1.82, 2.24) is 25.2 Å². The van der Waals surface area contributed by atoms with Crippen LogP contribution in [0.15, 0.2) is 36.9 Å². The summed E-state index contributed by atoms with van der Waals surface area (Å²) in [6.45, 7) is 3.87. The van der Waals surface area contributed by atoms with Crippen molar-refractivity contribution in [2.24, 2.45) is 17.8 Å². The Balaban J connectivity index is 1.13. The number of carbonyl (C=O) groups excluding carboxylic acids is 4. The zero-order chi connectivity index (χ0) is 40.6. The molecule has 5 fully saturated rings. The molecule has 4 aliphatic carbocycles. The topological polar surface area (TPSA) is 182 Å². The molecule has 7 atom stereocenters. The average molecular weight is 820 g/mol. The van der Waals surface area contributed by atoms with Crippen molar-refractivity contribution in [2.75, 3.05) is 13.7 Å². The van der Waals surface area contributed by atoms with E-state index in [0.717, 1.165) is 93.6 Å². The number of nitrogens with zero attached hydrogens (tertiary/aromatic N) is 2. The summed E-state index contributed by atoms with van der Waals surface area (Å²) >= 11 is 0. The summed E-state index contributed by atoms with van der Waals surface area (Å²) in [5.41, 5.74) is 0.0623. The van der Waals surface area contributed by atoms with Gasteiger partial charge in [0.2, 0.25) is 21.8 Å². The minimum Gasteiger partial charge on any atom is -0.497 e. The number of carbonyl (C=O) groups is 4. The molecule has 58 heavy (non-hydrogen) atoms. The van der Waals surface area contributed by atoms with E-state index in [4.69, 9.17) is 19.2 Å². The lowest BCUT2D eigenvalue weighted by molar-refractivity contribution is -0.142.